The molecule has 1 aromatic carbocycles. The van der Waals surface area contributed by atoms with Crippen molar-refractivity contribution in [1.29, 1.82) is 0 Å². The van der Waals surface area contributed by atoms with Gasteiger partial charge in [-0.1, -0.05) is 0 Å². The van der Waals surface area contributed by atoms with Crippen molar-refractivity contribution >= 4 is 17.1 Å². The average molecular weight is 411 g/mol. The molecule has 1 aliphatic rings. The fourth-order valence-electron chi connectivity index (χ4n) is 2.84. The molecule has 5 N–H and O–H groups in total. The average Bonchev–Trinajstić information content (AvgIpc) is 3.06. The van der Waals surface area contributed by atoms with E-state index in [1.165, 1.54) is 29.5 Å². The van der Waals surface area contributed by atoms with Gasteiger partial charge in [-0.3, -0.25) is 4.79 Å². The Morgan fingerprint density at radius 3 is 2.61 bits per heavy atom. The third-order valence-corrected chi connectivity index (χ3v) is 5.32. The fraction of sp³-hybridized carbons (Fsp3) is 0.444. The topological polar surface area (TPSA) is 150 Å². The third-order valence-electron chi connectivity index (χ3n) is 4.35. The molecule has 0 spiro atoms. The number of aliphatic hydroxyl groups excluding tert-OH is 4. The number of ketones is 1. The second-order valence-corrected chi connectivity index (χ2v) is 7.42. The van der Waals surface area contributed by atoms with Gasteiger partial charge in [-0.2, -0.15) is 0 Å². The van der Waals surface area contributed by atoms with Crippen LogP contribution in [0.2, 0.25) is 0 Å². The summed E-state index contributed by atoms with van der Waals surface area (Å²) in [7, 11) is 0. The van der Waals surface area contributed by atoms with Gasteiger partial charge in [-0.05, 0) is 19.1 Å². The number of aliphatic hydroxyl groups is 4. The monoisotopic (exact) mass is 411 g/mol. The van der Waals surface area contributed by atoms with E-state index < -0.39 is 37.3 Å². The molecule has 28 heavy (non-hydrogen) atoms. The molecule has 5 atom stereocenters. The number of Topliss-reactive ketones (excluding diaryl/α,β-unsaturated/α-hetero) is 1. The van der Waals surface area contributed by atoms with Crippen molar-refractivity contribution < 1.29 is 39.8 Å². The largest absolute Gasteiger partial charge is 0.507 e. The van der Waals surface area contributed by atoms with Crippen LogP contribution in [0.1, 0.15) is 21.1 Å². The second kappa shape index (κ2) is 8.52. The molecule has 152 valence electrons. The molecular formula is C18H21NO8S. The quantitative estimate of drug-likeness (QED) is 0.406. The zero-order valence-electron chi connectivity index (χ0n) is 14.9. The van der Waals surface area contributed by atoms with Crippen LogP contribution in [0.4, 0.5) is 0 Å². The number of aromatic hydroxyl groups is 1. The van der Waals surface area contributed by atoms with Crippen LogP contribution < -0.4 is 4.74 Å². The number of rotatable bonds is 6. The number of phenolic OH excluding ortho intramolecular Hbond substituents is 1. The predicted molar refractivity (Wildman–Crippen MR) is 97.4 cm³/mol. The van der Waals surface area contributed by atoms with Crippen LogP contribution in [-0.2, 0) is 11.2 Å². The predicted octanol–water partition coefficient (Wildman–Crippen LogP) is -0.239. The van der Waals surface area contributed by atoms with Gasteiger partial charge in [0.1, 0.15) is 40.9 Å². The van der Waals surface area contributed by atoms with Crippen molar-refractivity contribution in [3.8, 4) is 11.5 Å². The third kappa shape index (κ3) is 4.32. The van der Waals surface area contributed by atoms with Crippen LogP contribution in [0, 0.1) is 6.92 Å². The van der Waals surface area contributed by atoms with Crippen molar-refractivity contribution in [3.05, 3.63) is 39.8 Å². The van der Waals surface area contributed by atoms with Gasteiger partial charge in [0.05, 0.1) is 18.6 Å². The Morgan fingerprint density at radius 2 is 2.00 bits per heavy atom. The maximum Gasteiger partial charge on any atom is 0.229 e. The number of phenols is 1. The SMILES string of the molecule is Cc1csc(CC(=O)c2ccc(OC3OC(CO)C(O)C(O)C3O)cc2O)n1. The number of hydrogen-bond acceptors (Lipinski definition) is 10. The van der Waals surface area contributed by atoms with Gasteiger partial charge in [0, 0.05) is 17.1 Å². The molecule has 0 saturated carbocycles. The fourth-order valence-corrected chi connectivity index (χ4v) is 3.61. The highest BCUT2D eigenvalue weighted by atomic mass is 32.1. The molecule has 3 rings (SSSR count). The minimum atomic E-state index is -1.58. The van der Waals surface area contributed by atoms with E-state index in [2.05, 4.69) is 4.98 Å². The highest BCUT2D eigenvalue weighted by Gasteiger charge is 2.44. The lowest BCUT2D eigenvalue weighted by Crippen LogP contribution is -2.60. The Kier molecular flexibility index (Phi) is 6.28. The lowest BCUT2D eigenvalue weighted by Gasteiger charge is -2.39. The van der Waals surface area contributed by atoms with Gasteiger partial charge in [0.25, 0.3) is 0 Å². The van der Waals surface area contributed by atoms with Crippen LogP contribution in [0.5, 0.6) is 11.5 Å². The minimum Gasteiger partial charge on any atom is -0.507 e. The number of benzene rings is 1. The summed E-state index contributed by atoms with van der Waals surface area (Å²) >= 11 is 1.36. The first-order chi connectivity index (χ1) is 13.3. The van der Waals surface area contributed by atoms with Crippen molar-refractivity contribution in [2.24, 2.45) is 0 Å². The number of aryl methyl sites for hydroxylation is 1. The number of thiazole rings is 1. The van der Waals surface area contributed by atoms with E-state index >= 15 is 0 Å². The van der Waals surface area contributed by atoms with Gasteiger partial charge in [-0.15, -0.1) is 11.3 Å². The first-order valence-electron chi connectivity index (χ1n) is 8.54. The van der Waals surface area contributed by atoms with Gasteiger partial charge >= 0.3 is 0 Å². The Morgan fingerprint density at radius 1 is 1.25 bits per heavy atom. The molecule has 5 unspecified atom stereocenters. The molecule has 0 radical (unpaired) electrons. The van der Waals surface area contributed by atoms with E-state index in [-0.39, 0.29) is 29.3 Å². The van der Waals surface area contributed by atoms with E-state index in [9.17, 15) is 30.3 Å². The standard InChI is InChI=1S/C18H21NO8S/c1-8-7-28-14(19-8)5-12(22)10-3-2-9(4-11(10)21)26-18-17(25)16(24)15(23)13(6-20)27-18/h2-4,7,13,15-18,20-21,23-25H,5-6H2,1H3. The number of carbonyl (C=O) groups is 1. The van der Waals surface area contributed by atoms with Gasteiger partial charge in [0.15, 0.2) is 5.78 Å². The highest BCUT2D eigenvalue weighted by Crippen LogP contribution is 2.29. The summed E-state index contributed by atoms with van der Waals surface area (Å²) in [4.78, 5) is 16.6. The molecule has 1 fully saturated rings. The molecule has 9 nitrogen and oxygen atoms in total. The number of nitrogens with zero attached hydrogens (tertiary/aromatic N) is 1. The smallest absolute Gasteiger partial charge is 0.229 e. The number of aromatic nitrogens is 1. The van der Waals surface area contributed by atoms with Gasteiger partial charge in [0.2, 0.25) is 6.29 Å². The Balaban J connectivity index is 1.70. The van der Waals surface area contributed by atoms with Gasteiger partial charge < -0.3 is 35.0 Å². The van der Waals surface area contributed by atoms with Crippen LogP contribution >= 0.6 is 11.3 Å². The normalized spacial score (nSPS) is 27.5. The van der Waals surface area contributed by atoms with Crippen LogP contribution in [0.25, 0.3) is 0 Å². The van der Waals surface area contributed by atoms with Crippen LogP contribution in [0.15, 0.2) is 23.6 Å². The molecular weight excluding hydrogens is 390 g/mol. The lowest BCUT2D eigenvalue weighted by atomic mass is 9.99. The summed E-state index contributed by atoms with van der Waals surface area (Å²) in [6, 6.07) is 3.96. The molecule has 0 bridgehead atoms. The summed E-state index contributed by atoms with van der Waals surface area (Å²) in [5, 5.41) is 51.4. The molecule has 1 saturated heterocycles. The highest BCUT2D eigenvalue weighted by molar-refractivity contribution is 7.09. The number of hydrogen-bond donors (Lipinski definition) is 5. The minimum absolute atomic E-state index is 0.0545. The maximum atomic E-state index is 12.4. The van der Waals surface area contributed by atoms with E-state index in [1.807, 2.05) is 12.3 Å². The Hall–Kier alpha value is -2.08. The summed E-state index contributed by atoms with van der Waals surface area (Å²) in [6.45, 7) is 1.24. The summed E-state index contributed by atoms with van der Waals surface area (Å²) < 4.78 is 10.7. The van der Waals surface area contributed by atoms with E-state index in [1.54, 1.807) is 0 Å². The molecule has 2 heterocycles. The maximum absolute atomic E-state index is 12.4. The molecule has 0 aliphatic carbocycles. The molecule has 0 amide bonds. The van der Waals surface area contributed by atoms with E-state index in [4.69, 9.17) is 9.47 Å². The second-order valence-electron chi connectivity index (χ2n) is 6.48. The zero-order valence-corrected chi connectivity index (χ0v) is 15.7. The first-order valence-corrected chi connectivity index (χ1v) is 9.42. The van der Waals surface area contributed by atoms with Crippen molar-refractivity contribution in [2.45, 2.75) is 44.1 Å². The Labute approximate surface area is 164 Å². The molecule has 1 aliphatic heterocycles. The number of ether oxygens (including phenoxy) is 2. The van der Waals surface area contributed by atoms with E-state index in [0.717, 1.165) is 5.69 Å². The molecule has 10 heteroatoms. The van der Waals surface area contributed by atoms with Crippen molar-refractivity contribution in [1.82, 2.24) is 4.98 Å². The first kappa shape index (κ1) is 20.6. The molecule has 2 aromatic rings. The summed E-state index contributed by atoms with van der Waals surface area (Å²) in [5.41, 5.74) is 0.911. The lowest BCUT2D eigenvalue weighted by molar-refractivity contribution is -0.277. The van der Waals surface area contributed by atoms with Crippen molar-refractivity contribution in [2.75, 3.05) is 6.61 Å². The van der Waals surface area contributed by atoms with Crippen LogP contribution in [-0.4, -0.2) is 73.6 Å². The van der Waals surface area contributed by atoms with Crippen molar-refractivity contribution in [3.63, 3.8) is 0 Å². The Bertz CT molecular complexity index is 839. The molecule has 1 aromatic heterocycles. The number of carbonyl (C=O) groups excluding carboxylic acids is 1. The van der Waals surface area contributed by atoms with Crippen LogP contribution in [0.3, 0.4) is 0 Å². The summed E-state index contributed by atoms with van der Waals surface area (Å²) in [5.74, 6) is -0.560. The van der Waals surface area contributed by atoms with E-state index in [0.29, 0.717) is 5.01 Å². The summed E-state index contributed by atoms with van der Waals surface area (Å²) in [6.07, 6.45) is -7.09. The van der Waals surface area contributed by atoms with Gasteiger partial charge in [-0.25, -0.2) is 4.98 Å². The zero-order chi connectivity index (χ0) is 20.4.